The van der Waals surface area contributed by atoms with Crippen molar-refractivity contribution in [3.63, 3.8) is 0 Å². The van der Waals surface area contributed by atoms with Crippen molar-refractivity contribution in [1.82, 2.24) is 10.3 Å². The van der Waals surface area contributed by atoms with E-state index < -0.39 is 23.2 Å². The van der Waals surface area contributed by atoms with Gasteiger partial charge in [0.15, 0.2) is 11.3 Å². The third kappa shape index (κ3) is 3.37. The largest absolute Gasteiger partial charge is 0.479 e. The van der Waals surface area contributed by atoms with Crippen molar-refractivity contribution in [1.29, 1.82) is 0 Å². The Morgan fingerprint density at radius 1 is 1.23 bits per heavy atom. The lowest BCUT2D eigenvalue weighted by Gasteiger charge is -2.26. The zero-order valence-corrected chi connectivity index (χ0v) is 15.1. The van der Waals surface area contributed by atoms with E-state index in [9.17, 15) is 23.9 Å². The van der Waals surface area contributed by atoms with Gasteiger partial charge in [0.1, 0.15) is 11.5 Å². The Balaban J connectivity index is 2.46. The van der Waals surface area contributed by atoms with Crippen LogP contribution in [0.2, 0.25) is 0 Å². The summed E-state index contributed by atoms with van der Waals surface area (Å²) in [4.78, 5) is 39.3. The van der Waals surface area contributed by atoms with Gasteiger partial charge in [-0.25, -0.2) is 9.18 Å². The molecule has 0 saturated carbocycles. The molecule has 26 heavy (non-hydrogen) atoms. The third-order valence-corrected chi connectivity index (χ3v) is 4.44. The van der Waals surface area contributed by atoms with E-state index in [4.69, 9.17) is 0 Å². The fourth-order valence-electron chi connectivity index (χ4n) is 3.02. The summed E-state index contributed by atoms with van der Waals surface area (Å²) in [7, 11) is 0. The molecule has 3 N–H and O–H groups in total. The molecule has 0 bridgehead atoms. The standard InChI is InChI=1S/C19H21FN2O4/c1-5-14-15(11(3)23)10(2)21-16(14)17(24)22-19(4,18(25)26)12-6-8-13(20)9-7-12/h6-9,21H,5H2,1-4H3,(H,22,24)(H,25,26). The fourth-order valence-corrected chi connectivity index (χ4v) is 3.02. The molecule has 7 heteroatoms. The molecule has 1 heterocycles. The lowest BCUT2D eigenvalue weighted by atomic mass is 9.91. The molecule has 2 aromatic rings. The molecule has 0 radical (unpaired) electrons. The minimum absolute atomic E-state index is 0.157. The number of carboxylic acids is 1. The molecule has 1 unspecified atom stereocenters. The maximum absolute atomic E-state index is 13.2. The summed E-state index contributed by atoms with van der Waals surface area (Å²) in [6.07, 6.45) is 0.433. The van der Waals surface area contributed by atoms with Crippen molar-refractivity contribution in [3.05, 3.63) is 58.2 Å². The number of aliphatic carboxylic acids is 1. The molecule has 0 spiro atoms. The van der Waals surface area contributed by atoms with E-state index in [1.54, 1.807) is 6.92 Å². The van der Waals surface area contributed by atoms with Crippen LogP contribution in [0, 0.1) is 12.7 Å². The van der Waals surface area contributed by atoms with Crippen LogP contribution in [-0.4, -0.2) is 27.8 Å². The summed E-state index contributed by atoms with van der Waals surface area (Å²) < 4.78 is 13.2. The molecule has 2 rings (SSSR count). The number of benzene rings is 1. The first-order valence-corrected chi connectivity index (χ1v) is 8.16. The van der Waals surface area contributed by atoms with Crippen LogP contribution in [0.3, 0.4) is 0 Å². The zero-order chi connectivity index (χ0) is 19.6. The number of carboxylic acid groups (broad SMARTS) is 1. The van der Waals surface area contributed by atoms with Crippen LogP contribution in [0.25, 0.3) is 0 Å². The van der Waals surface area contributed by atoms with Crippen LogP contribution in [0.15, 0.2) is 24.3 Å². The van der Waals surface area contributed by atoms with Crippen LogP contribution >= 0.6 is 0 Å². The maximum atomic E-state index is 13.2. The number of aryl methyl sites for hydroxylation is 1. The van der Waals surface area contributed by atoms with Gasteiger partial charge >= 0.3 is 5.97 Å². The highest BCUT2D eigenvalue weighted by Crippen LogP contribution is 2.25. The second-order valence-corrected chi connectivity index (χ2v) is 6.28. The topological polar surface area (TPSA) is 99.3 Å². The number of aromatic amines is 1. The number of carbonyl (C=O) groups excluding carboxylic acids is 2. The molecule has 6 nitrogen and oxygen atoms in total. The zero-order valence-electron chi connectivity index (χ0n) is 15.1. The van der Waals surface area contributed by atoms with Crippen LogP contribution in [0.1, 0.15) is 58.4 Å². The number of carbonyl (C=O) groups is 3. The summed E-state index contributed by atoms with van der Waals surface area (Å²) in [6, 6.07) is 4.89. The molecule has 0 aliphatic rings. The van der Waals surface area contributed by atoms with Gasteiger partial charge in [0.05, 0.1) is 0 Å². The van der Waals surface area contributed by atoms with Crippen molar-refractivity contribution in [2.24, 2.45) is 0 Å². The predicted molar refractivity (Wildman–Crippen MR) is 93.8 cm³/mol. The molecule has 0 aliphatic heterocycles. The van der Waals surface area contributed by atoms with Gasteiger partial charge in [-0.05, 0) is 50.5 Å². The third-order valence-electron chi connectivity index (χ3n) is 4.44. The number of ketones is 1. The second kappa shape index (κ2) is 7.11. The molecule has 0 fully saturated rings. The Kier molecular flexibility index (Phi) is 5.30. The molecule has 0 saturated heterocycles. The number of H-pyrrole nitrogens is 1. The van der Waals surface area contributed by atoms with E-state index in [1.807, 2.05) is 6.92 Å². The number of rotatable bonds is 6. The Labute approximate surface area is 150 Å². The van der Waals surface area contributed by atoms with Gasteiger partial charge < -0.3 is 15.4 Å². The summed E-state index contributed by atoms with van der Waals surface area (Å²) in [6.45, 7) is 6.23. The minimum atomic E-state index is -1.76. The van der Waals surface area contributed by atoms with Crippen LogP contribution in [0.5, 0.6) is 0 Å². The number of aromatic nitrogens is 1. The highest BCUT2D eigenvalue weighted by atomic mass is 19.1. The first-order chi connectivity index (χ1) is 12.1. The summed E-state index contributed by atoms with van der Waals surface area (Å²) in [5.74, 6) is -2.61. The Morgan fingerprint density at radius 2 is 1.81 bits per heavy atom. The Morgan fingerprint density at radius 3 is 2.27 bits per heavy atom. The summed E-state index contributed by atoms with van der Waals surface area (Å²) in [5.41, 5.74) is 0.164. The highest BCUT2D eigenvalue weighted by Gasteiger charge is 2.38. The first-order valence-electron chi connectivity index (χ1n) is 8.16. The number of hydrogen-bond acceptors (Lipinski definition) is 3. The van der Waals surface area contributed by atoms with Crippen molar-refractivity contribution < 1.29 is 23.9 Å². The average molecular weight is 360 g/mol. The molecule has 1 atom stereocenters. The second-order valence-electron chi connectivity index (χ2n) is 6.28. The monoisotopic (exact) mass is 360 g/mol. The number of amides is 1. The molecule has 1 aromatic heterocycles. The SMILES string of the molecule is CCc1c(C(=O)NC(C)(C(=O)O)c2ccc(F)cc2)[nH]c(C)c1C(C)=O. The van der Waals surface area contributed by atoms with E-state index in [0.29, 0.717) is 23.2 Å². The summed E-state index contributed by atoms with van der Waals surface area (Å²) in [5, 5.41) is 12.1. The van der Waals surface area contributed by atoms with Gasteiger partial charge in [0.2, 0.25) is 0 Å². The average Bonchev–Trinajstić information content (AvgIpc) is 2.91. The quantitative estimate of drug-likeness (QED) is 0.690. The van der Waals surface area contributed by atoms with E-state index in [1.165, 1.54) is 26.0 Å². The Bertz CT molecular complexity index is 870. The van der Waals surface area contributed by atoms with Crippen molar-refractivity contribution >= 4 is 17.7 Å². The number of Topliss-reactive ketones (excluding diaryl/α,β-unsaturated/α-hetero) is 1. The van der Waals surface area contributed by atoms with E-state index in [2.05, 4.69) is 10.3 Å². The van der Waals surface area contributed by atoms with Crippen molar-refractivity contribution in [2.75, 3.05) is 0 Å². The van der Waals surface area contributed by atoms with Gasteiger partial charge in [0, 0.05) is 11.3 Å². The van der Waals surface area contributed by atoms with Gasteiger partial charge in [-0.3, -0.25) is 9.59 Å². The lowest BCUT2D eigenvalue weighted by molar-refractivity contribution is -0.144. The lowest BCUT2D eigenvalue weighted by Crippen LogP contribution is -2.49. The fraction of sp³-hybridized carbons (Fsp3) is 0.316. The van der Waals surface area contributed by atoms with Crippen molar-refractivity contribution in [3.8, 4) is 0 Å². The normalized spacial score (nSPS) is 13.1. The first kappa shape index (κ1) is 19.4. The van der Waals surface area contributed by atoms with Gasteiger partial charge in [0.25, 0.3) is 5.91 Å². The van der Waals surface area contributed by atoms with Crippen LogP contribution < -0.4 is 5.32 Å². The van der Waals surface area contributed by atoms with E-state index in [-0.39, 0.29) is 17.0 Å². The maximum Gasteiger partial charge on any atom is 0.333 e. The molecule has 138 valence electrons. The smallest absolute Gasteiger partial charge is 0.333 e. The number of nitrogens with one attached hydrogen (secondary N) is 2. The van der Waals surface area contributed by atoms with Crippen LogP contribution in [-0.2, 0) is 16.8 Å². The van der Waals surface area contributed by atoms with E-state index >= 15 is 0 Å². The molecule has 0 aliphatic carbocycles. The summed E-state index contributed by atoms with van der Waals surface area (Å²) >= 11 is 0. The van der Waals surface area contributed by atoms with Crippen molar-refractivity contribution in [2.45, 2.75) is 39.7 Å². The van der Waals surface area contributed by atoms with Gasteiger partial charge in [-0.15, -0.1) is 0 Å². The molecular weight excluding hydrogens is 339 g/mol. The minimum Gasteiger partial charge on any atom is -0.479 e. The van der Waals surface area contributed by atoms with Gasteiger partial charge in [-0.2, -0.15) is 0 Å². The molecular formula is C19H21FN2O4. The Hall–Kier alpha value is -2.96. The van der Waals surface area contributed by atoms with E-state index in [0.717, 1.165) is 12.1 Å². The number of halogens is 1. The molecule has 1 amide bonds. The molecule has 1 aromatic carbocycles. The highest BCUT2D eigenvalue weighted by molar-refractivity contribution is 6.04. The van der Waals surface area contributed by atoms with Crippen LogP contribution in [0.4, 0.5) is 4.39 Å². The predicted octanol–water partition coefficient (Wildman–Crippen LogP) is 2.96. The van der Waals surface area contributed by atoms with Gasteiger partial charge in [-0.1, -0.05) is 19.1 Å². The number of hydrogen-bond donors (Lipinski definition) is 3.